The Morgan fingerprint density at radius 3 is 2.38 bits per heavy atom. The van der Waals surface area contributed by atoms with Gasteiger partial charge in [0.1, 0.15) is 12.4 Å². The van der Waals surface area contributed by atoms with Crippen LogP contribution in [0.4, 0.5) is 31.1 Å². The second kappa shape index (κ2) is 11.5. The number of amidine groups is 1. The number of aliphatic imine (C=N–C) groups is 1. The van der Waals surface area contributed by atoms with E-state index in [0.29, 0.717) is 35.5 Å². The molecule has 1 aliphatic heterocycles. The van der Waals surface area contributed by atoms with Crippen molar-refractivity contribution in [2.24, 2.45) is 4.99 Å². The Hall–Kier alpha value is -3.19. The van der Waals surface area contributed by atoms with Gasteiger partial charge in [0.25, 0.3) is 5.24 Å². The van der Waals surface area contributed by atoms with Gasteiger partial charge in [-0.05, 0) is 61.8 Å². The molecule has 37 heavy (non-hydrogen) atoms. The number of carbonyl (C=O) groups excluding carboxylic acids is 1. The first-order valence-corrected chi connectivity index (χ1v) is 11.6. The van der Waals surface area contributed by atoms with E-state index in [4.69, 9.17) is 9.47 Å². The van der Waals surface area contributed by atoms with E-state index in [0.717, 1.165) is 17.8 Å². The molecule has 1 fully saturated rings. The Morgan fingerprint density at radius 2 is 1.76 bits per heavy atom. The number of nitrogens with zero attached hydrogens (tertiary/aromatic N) is 2. The fraction of sp³-hybridized carbons (Fsp3) is 0.333. The zero-order valence-corrected chi connectivity index (χ0v) is 20.8. The van der Waals surface area contributed by atoms with Gasteiger partial charge in [0.15, 0.2) is 11.5 Å². The molecule has 6 nitrogen and oxygen atoms in total. The third-order valence-corrected chi connectivity index (χ3v) is 5.90. The van der Waals surface area contributed by atoms with Crippen molar-refractivity contribution in [2.45, 2.75) is 19.0 Å². The number of hydrogen-bond donors (Lipinski definition) is 1. The predicted molar refractivity (Wildman–Crippen MR) is 129 cm³/mol. The maximum absolute atomic E-state index is 13.4. The molecule has 13 heteroatoms. The number of alkyl halides is 6. The Balaban J connectivity index is 1.82. The van der Waals surface area contributed by atoms with Crippen LogP contribution in [0.2, 0.25) is 0 Å². The molecule has 200 valence electrons. The monoisotopic (exact) mass is 547 g/mol. The molecule has 0 saturated carbocycles. The van der Waals surface area contributed by atoms with E-state index in [9.17, 15) is 31.1 Å². The molecule has 0 unspecified atom stereocenters. The number of amides is 1. The van der Waals surface area contributed by atoms with Gasteiger partial charge < -0.3 is 19.7 Å². The summed E-state index contributed by atoms with van der Waals surface area (Å²) in [7, 11) is 5.13. The van der Waals surface area contributed by atoms with Gasteiger partial charge in [-0.25, -0.2) is 0 Å². The molecule has 1 N–H and O–H groups in total. The van der Waals surface area contributed by atoms with E-state index in [1.165, 1.54) is 13.2 Å². The van der Waals surface area contributed by atoms with Crippen molar-refractivity contribution in [3.05, 3.63) is 63.6 Å². The van der Waals surface area contributed by atoms with Crippen molar-refractivity contribution in [1.82, 2.24) is 10.2 Å². The predicted octanol–water partition coefficient (Wildman–Crippen LogP) is 6.07. The maximum Gasteiger partial charge on any atom is 0.416 e. The second-order valence-corrected chi connectivity index (χ2v) is 9.14. The molecule has 1 aliphatic rings. The Bertz CT molecular complexity index is 1210. The van der Waals surface area contributed by atoms with E-state index < -0.39 is 35.6 Å². The van der Waals surface area contributed by atoms with E-state index in [1.807, 2.05) is 19.0 Å². The highest BCUT2D eigenvalue weighted by Gasteiger charge is 2.38. The number of likely N-dealkylation sites (N-methyl/N-ethyl adjacent to an activating group) is 1. The summed E-state index contributed by atoms with van der Waals surface area (Å²) in [4.78, 5) is 18.8. The first kappa shape index (κ1) is 28.4. The lowest BCUT2D eigenvalue weighted by atomic mass is 10.0. The van der Waals surface area contributed by atoms with Crippen LogP contribution in [-0.4, -0.2) is 50.3 Å². The van der Waals surface area contributed by atoms with Gasteiger partial charge in [0.05, 0.1) is 29.7 Å². The van der Waals surface area contributed by atoms with Crippen LogP contribution in [0.1, 0.15) is 22.3 Å². The molecule has 1 saturated heterocycles. The molecule has 3 rings (SSSR count). The van der Waals surface area contributed by atoms with E-state index in [-0.39, 0.29) is 22.8 Å². The minimum Gasteiger partial charge on any atom is -0.493 e. The van der Waals surface area contributed by atoms with Crippen LogP contribution >= 0.6 is 11.8 Å². The third-order valence-electron chi connectivity index (χ3n) is 5.08. The lowest BCUT2D eigenvalue weighted by molar-refractivity contribution is -0.143. The number of methoxy groups -OCH3 is 1. The molecule has 1 heterocycles. The van der Waals surface area contributed by atoms with Crippen molar-refractivity contribution in [3.63, 3.8) is 0 Å². The highest BCUT2D eigenvalue weighted by Crippen LogP contribution is 2.38. The third kappa shape index (κ3) is 7.65. The van der Waals surface area contributed by atoms with Crippen LogP contribution in [0.3, 0.4) is 0 Å². The molecular weight excluding hydrogens is 524 g/mol. The number of ether oxygens (including phenoxy) is 2. The highest BCUT2D eigenvalue weighted by molar-refractivity contribution is 8.18. The van der Waals surface area contributed by atoms with Crippen molar-refractivity contribution in [3.8, 4) is 11.5 Å². The minimum absolute atomic E-state index is 0.0669. The topological polar surface area (TPSA) is 63.2 Å². The SMILES string of the molecule is COc1cc(C=C2SC(=O)NC2=NCCN(C)C)ccc1OCc1ccc(C(F)(F)F)cc1C(F)(F)F. The summed E-state index contributed by atoms with van der Waals surface area (Å²) < 4.78 is 89.7. The van der Waals surface area contributed by atoms with Crippen molar-refractivity contribution in [2.75, 3.05) is 34.3 Å². The summed E-state index contributed by atoms with van der Waals surface area (Å²) in [5.74, 6) is 0.701. The Morgan fingerprint density at radius 1 is 1.03 bits per heavy atom. The zero-order valence-electron chi connectivity index (χ0n) is 20.0. The van der Waals surface area contributed by atoms with Crippen LogP contribution in [-0.2, 0) is 19.0 Å². The van der Waals surface area contributed by atoms with Crippen LogP contribution in [0.15, 0.2) is 46.3 Å². The molecule has 0 aromatic heterocycles. The molecule has 0 bridgehead atoms. The van der Waals surface area contributed by atoms with Gasteiger partial charge in [-0.2, -0.15) is 26.3 Å². The number of halogens is 6. The van der Waals surface area contributed by atoms with Gasteiger partial charge in [0, 0.05) is 12.1 Å². The normalized spacial score (nSPS) is 16.5. The second-order valence-electron chi connectivity index (χ2n) is 8.12. The fourth-order valence-electron chi connectivity index (χ4n) is 3.25. The number of hydrogen-bond acceptors (Lipinski definition) is 6. The molecule has 0 spiro atoms. The summed E-state index contributed by atoms with van der Waals surface area (Å²) in [6.07, 6.45) is -8.22. The van der Waals surface area contributed by atoms with Crippen LogP contribution < -0.4 is 14.8 Å². The number of benzene rings is 2. The summed E-state index contributed by atoms with van der Waals surface area (Å²) in [6, 6.07) is 6.00. The number of thioether (sulfide) groups is 1. The van der Waals surface area contributed by atoms with E-state index >= 15 is 0 Å². The van der Waals surface area contributed by atoms with E-state index in [2.05, 4.69) is 10.3 Å². The molecule has 0 aliphatic carbocycles. The summed E-state index contributed by atoms with van der Waals surface area (Å²) in [6.45, 7) is 0.521. The molecule has 0 radical (unpaired) electrons. The number of carbonyl (C=O) groups is 1. The highest BCUT2D eigenvalue weighted by atomic mass is 32.2. The molecule has 2 aromatic carbocycles. The lowest BCUT2D eigenvalue weighted by Gasteiger charge is -2.17. The largest absolute Gasteiger partial charge is 0.493 e. The van der Waals surface area contributed by atoms with E-state index in [1.54, 1.807) is 18.2 Å². The first-order valence-electron chi connectivity index (χ1n) is 10.8. The van der Waals surface area contributed by atoms with Gasteiger partial charge in [0.2, 0.25) is 0 Å². The summed E-state index contributed by atoms with van der Waals surface area (Å²) in [5, 5.41) is 2.40. The van der Waals surface area contributed by atoms with Crippen molar-refractivity contribution in [1.29, 1.82) is 0 Å². The summed E-state index contributed by atoms with van der Waals surface area (Å²) >= 11 is 0.967. The standard InChI is InChI=1S/C24H23F6N3O3S/c1-33(2)9-8-31-21-20(37-22(34)32-21)11-14-4-7-18(19(10-14)35-3)36-13-15-5-6-16(23(25,26)27)12-17(15)24(28,29)30/h4-7,10-12H,8-9,13H2,1-3H3,(H,31,32,34). The van der Waals surface area contributed by atoms with Crippen molar-refractivity contribution >= 4 is 28.9 Å². The number of rotatable bonds is 8. The molecule has 0 atom stereocenters. The Labute approximate surface area is 213 Å². The van der Waals surface area contributed by atoms with Gasteiger partial charge in [-0.15, -0.1) is 0 Å². The van der Waals surface area contributed by atoms with Gasteiger partial charge in [-0.3, -0.25) is 9.79 Å². The quantitative estimate of drug-likeness (QED) is 0.407. The lowest BCUT2D eigenvalue weighted by Crippen LogP contribution is -2.22. The van der Waals surface area contributed by atoms with Gasteiger partial charge >= 0.3 is 12.4 Å². The summed E-state index contributed by atoms with van der Waals surface area (Å²) in [5.41, 5.74) is -2.69. The molecule has 2 aromatic rings. The average Bonchev–Trinajstić information content (AvgIpc) is 3.15. The molecule has 1 amide bonds. The van der Waals surface area contributed by atoms with Crippen LogP contribution in [0.25, 0.3) is 6.08 Å². The zero-order chi connectivity index (χ0) is 27.4. The molecular formula is C24H23F6N3O3S. The van der Waals surface area contributed by atoms with Crippen LogP contribution in [0, 0.1) is 0 Å². The van der Waals surface area contributed by atoms with Crippen LogP contribution in [0.5, 0.6) is 11.5 Å². The average molecular weight is 548 g/mol. The van der Waals surface area contributed by atoms with Gasteiger partial charge in [-0.1, -0.05) is 12.1 Å². The first-order chi connectivity index (χ1) is 17.3. The van der Waals surface area contributed by atoms with Crippen molar-refractivity contribution < 1.29 is 40.6 Å². The maximum atomic E-state index is 13.4. The fourth-order valence-corrected chi connectivity index (χ4v) is 4.01. The smallest absolute Gasteiger partial charge is 0.416 e. The minimum atomic E-state index is -5.00. The Kier molecular flexibility index (Phi) is 8.80. The number of nitrogens with one attached hydrogen (secondary N) is 1.